The Labute approximate surface area is 99.4 Å². The molecule has 0 spiro atoms. The van der Waals surface area contributed by atoms with Crippen LogP contribution in [0.2, 0.25) is 0 Å². The number of hydrogen-bond acceptors (Lipinski definition) is 2. The zero-order chi connectivity index (χ0) is 11.0. The minimum atomic E-state index is 0.0612. The number of alkyl halides is 1. The van der Waals surface area contributed by atoms with Crippen molar-refractivity contribution in [1.29, 1.82) is 0 Å². The van der Waals surface area contributed by atoms with E-state index in [4.69, 9.17) is 5.73 Å². The van der Waals surface area contributed by atoms with Gasteiger partial charge in [-0.3, -0.25) is 0 Å². The normalized spacial score (nSPS) is 28.4. The topological polar surface area (TPSA) is 46.2 Å². The molecule has 1 unspecified atom stereocenters. The van der Waals surface area contributed by atoms with Gasteiger partial charge in [-0.25, -0.2) is 0 Å². The van der Waals surface area contributed by atoms with E-state index in [1.807, 2.05) is 0 Å². The monoisotopic (exact) mass is 307 g/mol. The van der Waals surface area contributed by atoms with Crippen molar-refractivity contribution in [3.05, 3.63) is 23.5 Å². The van der Waals surface area contributed by atoms with Gasteiger partial charge in [0.1, 0.15) is 5.76 Å². The Balaban J connectivity index is 2.98. The van der Waals surface area contributed by atoms with Gasteiger partial charge in [0.25, 0.3) is 0 Å². The number of aliphatic hydroxyl groups excluding tert-OH is 1. The van der Waals surface area contributed by atoms with Gasteiger partial charge < -0.3 is 10.8 Å². The average Bonchev–Trinajstić information content (AvgIpc) is 2.07. The van der Waals surface area contributed by atoms with Crippen LogP contribution in [0.3, 0.4) is 0 Å². The zero-order valence-electron chi connectivity index (χ0n) is 8.97. The molecule has 0 heterocycles. The molecule has 1 atom stereocenters. The molecule has 0 aromatic rings. The van der Waals surface area contributed by atoms with Crippen LogP contribution in [0, 0.1) is 5.41 Å². The molecule has 1 aliphatic rings. The minimum Gasteiger partial charge on any atom is -0.508 e. The fraction of sp³-hybridized carbons (Fsp3) is 0.636. The summed E-state index contributed by atoms with van der Waals surface area (Å²) in [5.41, 5.74) is 6.73. The standard InChI is InChI=1S/C11H18INO/c1-10(2,3)11(12)5-4-9(14)8(6-11)7-13/h4-5,14H,6-7,13H2,1-3H3. The Bertz CT molecular complexity index is 288. The first-order chi connectivity index (χ1) is 6.30. The highest BCUT2D eigenvalue weighted by Crippen LogP contribution is 2.46. The molecule has 1 rings (SSSR count). The Kier molecular flexibility index (Phi) is 3.31. The third-order valence-corrected chi connectivity index (χ3v) is 5.19. The SMILES string of the molecule is CC(C)(C)C1(I)C=CC(O)=C(CN)C1. The Morgan fingerprint density at radius 3 is 2.57 bits per heavy atom. The summed E-state index contributed by atoms with van der Waals surface area (Å²) in [6.45, 7) is 7.07. The number of nitrogens with two attached hydrogens (primary N) is 1. The summed E-state index contributed by atoms with van der Waals surface area (Å²) in [6, 6.07) is 0. The van der Waals surface area contributed by atoms with E-state index in [2.05, 4.69) is 49.4 Å². The van der Waals surface area contributed by atoms with Gasteiger partial charge in [0.15, 0.2) is 0 Å². The first-order valence-electron chi connectivity index (χ1n) is 4.79. The van der Waals surface area contributed by atoms with Gasteiger partial charge in [0.2, 0.25) is 0 Å². The average molecular weight is 307 g/mol. The largest absolute Gasteiger partial charge is 0.508 e. The number of hydrogen-bond donors (Lipinski definition) is 2. The summed E-state index contributed by atoms with van der Waals surface area (Å²) >= 11 is 2.46. The predicted octanol–water partition coefficient (Wildman–Crippen LogP) is 2.94. The van der Waals surface area contributed by atoms with Crippen LogP contribution in [-0.2, 0) is 0 Å². The van der Waals surface area contributed by atoms with Gasteiger partial charge in [-0.05, 0) is 23.5 Å². The second kappa shape index (κ2) is 3.85. The van der Waals surface area contributed by atoms with E-state index in [1.165, 1.54) is 0 Å². The van der Waals surface area contributed by atoms with Crippen molar-refractivity contribution < 1.29 is 5.11 Å². The van der Waals surface area contributed by atoms with E-state index in [1.54, 1.807) is 6.08 Å². The molecule has 0 aliphatic heterocycles. The summed E-state index contributed by atoms with van der Waals surface area (Å²) in [6.07, 6.45) is 4.71. The van der Waals surface area contributed by atoms with Gasteiger partial charge >= 0.3 is 0 Å². The summed E-state index contributed by atoms with van der Waals surface area (Å²) in [7, 11) is 0. The molecule has 1 aliphatic carbocycles. The second-order valence-corrected chi connectivity index (χ2v) is 6.74. The highest BCUT2D eigenvalue weighted by molar-refractivity contribution is 14.1. The molecule has 0 aromatic heterocycles. The van der Waals surface area contributed by atoms with Gasteiger partial charge in [0.05, 0.1) is 0 Å². The molecular formula is C11H18INO. The molecule has 2 nitrogen and oxygen atoms in total. The second-order valence-electron chi connectivity index (χ2n) is 4.82. The van der Waals surface area contributed by atoms with Crippen molar-refractivity contribution in [2.45, 2.75) is 30.6 Å². The third-order valence-electron chi connectivity index (χ3n) is 2.83. The molecule has 3 heteroatoms. The van der Waals surface area contributed by atoms with E-state index >= 15 is 0 Å². The van der Waals surface area contributed by atoms with Crippen molar-refractivity contribution in [3.8, 4) is 0 Å². The summed E-state index contributed by atoms with van der Waals surface area (Å²) in [4.78, 5) is 0. The maximum Gasteiger partial charge on any atom is 0.115 e. The van der Waals surface area contributed by atoms with Crippen LogP contribution in [0.5, 0.6) is 0 Å². The van der Waals surface area contributed by atoms with Crippen LogP contribution < -0.4 is 5.73 Å². The Morgan fingerprint density at radius 1 is 1.57 bits per heavy atom. The molecule has 0 saturated carbocycles. The van der Waals surface area contributed by atoms with Crippen LogP contribution in [0.15, 0.2) is 23.5 Å². The van der Waals surface area contributed by atoms with Crippen LogP contribution in [0.25, 0.3) is 0 Å². The van der Waals surface area contributed by atoms with Crippen molar-refractivity contribution >= 4 is 22.6 Å². The minimum absolute atomic E-state index is 0.0612. The van der Waals surface area contributed by atoms with Crippen LogP contribution in [0.1, 0.15) is 27.2 Å². The predicted molar refractivity (Wildman–Crippen MR) is 68.7 cm³/mol. The first kappa shape index (κ1) is 12.0. The molecule has 3 N–H and O–H groups in total. The summed E-state index contributed by atoms with van der Waals surface area (Å²) in [5, 5.41) is 9.58. The number of allylic oxidation sites excluding steroid dienone is 2. The van der Waals surface area contributed by atoms with Crippen LogP contribution in [-0.4, -0.2) is 15.1 Å². The smallest absolute Gasteiger partial charge is 0.115 e. The molecule has 0 fully saturated rings. The highest BCUT2D eigenvalue weighted by Gasteiger charge is 2.39. The fourth-order valence-corrected chi connectivity index (χ4v) is 2.12. The van der Waals surface area contributed by atoms with Crippen LogP contribution >= 0.6 is 22.6 Å². The molecule has 0 aromatic carbocycles. The lowest BCUT2D eigenvalue weighted by Gasteiger charge is -2.40. The van der Waals surface area contributed by atoms with E-state index in [0.29, 0.717) is 12.3 Å². The molecule has 14 heavy (non-hydrogen) atoms. The fourth-order valence-electron chi connectivity index (χ4n) is 1.48. The maximum atomic E-state index is 9.58. The highest BCUT2D eigenvalue weighted by atomic mass is 127. The lowest BCUT2D eigenvalue weighted by molar-refractivity contribution is 0.327. The van der Waals surface area contributed by atoms with Crippen molar-refractivity contribution in [2.75, 3.05) is 6.54 Å². The first-order valence-corrected chi connectivity index (χ1v) is 5.87. The zero-order valence-corrected chi connectivity index (χ0v) is 11.1. The Hall–Kier alpha value is -0.0300. The van der Waals surface area contributed by atoms with Crippen molar-refractivity contribution in [2.24, 2.45) is 11.1 Å². The lowest BCUT2D eigenvalue weighted by Crippen LogP contribution is -2.37. The molecule has 0 amide bonds. The van der Waals surface area contributed by atoms with Crippen molar-refractivity contribution in [1.82, 2.24) is 0 Å². The number of aliphatic hydroxyl groups is 1. The van der Waals surface area contributed by atoms with E-state index < -0.39 is 0 Å². The third kappa shape index (κ3) is 2.14. The van der Waals surface area contributed by atoms with Gasteiger partial charge in [0, 0.05) is 9.97 Å². The van der Waals surface area contributed by atoms with E-state index in [-0.39, 0.29) is 8.84 Å². The molecule has 80 valence electrons. The molecule has 0 bridgehead atoms. The molecule has 0 radical (unpaired) electrons. The maximum absolute atomic E-state index is 9.58. The van der Waals surface area contributed by atoms with E-state index in [9.17, 15) is 5.11 Å². The number of halogens is 1. The van der Waals surface area contributed by atoms with Crippen LogP contribution in [0.4, 0.5) is 0 Å². The van der Waals surface area contributed by atoms with Gasteiger partial charge in [-0.1, -0.05) is 49.4 Å². The van der Waals surface area contributed by atoms with E-state index in [0.717, 1.165) is 12.0 Å². The number of rotatable bonds is 1. The summed E-state index contributed by atoms with van der Waals surface area (Å²) in [5.74, 6) is 0.351. The lowest BCUT2D eigenvalue weighted by atomic mass is 9.75. The quantitative estimate of drug-likeness (QED) is 0.578. The molecular weight excluding hydrogens is 289 g/mol. The summed E-state index contributed by atoms with van der Waals surface area (Å²) < 4.78 is 0.0612. The van der Waals surface area contributed by atoms with Crippen molar-refractivity contribution in [3.63, 3.8) is 0 Å². The van der Waals surface area contributed by atoms with Gasteiger partial charge in [-0.15, -0.1) is 0 Å². The Morgan fingerprint density at radius 2 is 2.14 bits per heavy atom. The van der Waals surface area contributed by atoms with Gasteiger partial charge in [-0.2, -0.15) is 0 Å². The molecule has 0 saturated heterocycles.